The van der Waals surface area contributed by atoms with Crippen LogP contribution >= 0.6 is 8.25 Å². The highest BCUT2D eigenvalue weighted by molar-refractivity contribution is 7.30. The van der Waals surface area contributed by atoms with Crippen LogP contribution in [0.1, 0.15) is 71.1 Å². The van der Waals surface area contributed by atoms with Gasteiger partial charge in [0, 0.05) is 6.42 Å². The van der Waals surface area contributed by atoms with Crippen LogP contribution in [0.2, 0.25) is 0 Å². The average molecular weight is 399 g/mol. The number of unbranched alkanes of at least 4 members (excludes halogenated alkanes) is 5. The number of nitrogens with one attached hydrogen (secondary N) is 1. The molecule has 0 aromatic carbocycles. The van der Waals surface area contributed by atoms with Crippen molar-refractivity contribution in [2.75, 3.05) is 13.2 Å². The molecule has 1 atom stereocenters. The van der Waals surface area contributed by atoms with Gasteiger partial charge in [-0.2, -0.15) is 5.48 Å². The van der Waals surface area contributed by atoms with E-state index in [1.807, 2.05) is 0 Å². The number of rotatable bonds is 18. The third-order valence-electron chi connectivity index (χ3n) is 3.62. The first-order valence-electron chi connectivity index (χ1n) is 9.81. The van der Waals surface area contributed by atoms with Gasteiger partial charge in [0.2, 0.25) is 0 Å². The zero-order chi connectivity index (χ0) is 20.0. The van der Waals surface area contributed by atoms with Gasteiger partial charge in [0.05, 0.1) is 6.54 Å². The summed E-state index contributed by atoms with van der Waals surface area (Å²) in [7, 11) is -2.85. The van der Waals surface area contributed by atoms with E-state index in [9.17, 15) is 14.3 Å². The largest absolute Gasteiger partial charge is 0.566 e. The maximum atomic E-state index is 11.4. The predicted octanol–water partition coefficient (Wildman–Crippen LogP) is 4.66. The minimum atomic E-state index is -2.85. The highest BCUT2D eigenvalue weighted by atomic mass is 31.1. The third kappa shape index (κ3) is 22.6. The fraction of sp³-hybridized carbons (Fsp3) is 0.650. The van der Waals surface area contributed by atoms with E-state index in [0.717, 1.165) is 44.9 Å². The maximum absolute atomic E-state index is 11.4. The Morgan fingerprint density at radius 1 is 0.963 bits per heavy atom. The fourth-order valence-corrected chi connectivity index (χ4v) is 2.47. The minimum Gasteiger partial charge on any atom is -0.566 e. The molecule has 0 spiro atoms. The minimum absolute atomic E-state index is 0.0486. The number of allylic oxidation sites excluding steroid dienone is 6. The lowest BCUT2D eigenvalue weighted by atomic mass is 10.1. The van der Waals surface area contributed by atoms with Crippen LogP contribution in [-0.2, 0) is 18.7 Å². The van der Waals surface area contributed by atoms with Gasteiger partial charge in [-0.1, -0.05) is 62.6 Å². The molecule has 0 amide bonds. The van der Waals surface area contributed by atoms with Crippen molar-refractivity contribution in [1.82, 2.24) is 5.48 Å². The van der Waals surface area contributed by atoms with E-state index in [1.165, 1.54) is 12.8 Å². The van der Waals surface area contributed by atoms with Crippen molar-refractivity contribution in [2.24, 2.45) is 0 Å². The van der Waals surface area contributed by atoms with E-state index in [-0.39, 0.29) is 19.1 Å². The monoisotopic (exact) mass is 399 g/mol. The van der Waals surface area contributed by atoms with Gasteiger partial charge in [-0.05, 0) is 43.1 Å². The molecule has 0 saturated carbocycles. The lowest BCUT2D eigenvalue weighted by Gasteiger charge is -2.04. The molecule has 0 rings (SSSR count). The molecule has 0 aliphatic rings. The van der Waals surface area contributed by atoms with Gasteiger partial charge in [0.15, 0.2) is 0 Å². The normalized spacial score (nSPS) is 12.4. The Hall–Kier alpha value is -1.33. The Bertz CT molecular complexity index is 463. The van der Waals surface area contributed by atoms with Crippen molar-refractivity contribution in [2.45, 2.75) is 71.1 Å². The second kappa shape index (κ2) is 21.0. The van der Waals surface area contributed by atoms with E-state index in [1.54, 1.807) is 0 Å². The highest BCUT2D eigenvalue weighted by Crippen LogP contribution is 2.08. The van der Waals surface area contributed by atoms with Crippen LogP contribution in [0.25, 0.3) is 0 Å². The Morgan fingerprint density at radius 3 is 2.30 bits per heavy atom. The number of hydroxylamine groups is 1. The molecule has 0 fully saturated rings. The molecule has 0 aromatic heterocycles. The first-order chi connectivity index (χ1) is 13.2. The molecular weight excluding hydrogens is 365 g/mol. The Labute approximate surface area is 164 Å². The molecule has 0 aliphatic heterocycles. The quantitative estimate of drug-likeness (QED) is 0.156. The molecule has 6 nitrogen and oxygen atoms in total. The smallest absolute Gasteiger partial charge is 0.488 e. The van der Waals surface area contributed by atoms with Crippen LogP contribution in [0.15, 0.2) is 36.5 Å². The molecular formula is C20H34NO5P. The number of carbonyl (C=O) groups excluding carboxylic acids is 1. The first kappa shape index (κ1) is 25.7. The summed E-state index contributed by atoms with van der Waals surface area (Å²) in [5.74, 6) is -0.331. The molecule has 0 saturated heterocycles. The molecule has 0 bridgehead atoms. The molecule has 1 N–H and O–H groups in total. The van der Waals surface area contributed by atoms with E-state index >= 15 is 0 Å². The van der Waals surface area contributed by atoms with E-state index in [2.05, 4.69) is 53.4 Å². The highest BCUT2D eigenvalue weighted by Gasteiger charge is 2.04. The van der Waals surface area contributed by atoms with Crippen LogP contribution in [0.3, 0.4) is 0 Å². The second-order valence-electron chi connectivity index (χ2n) is 6.03. The molecule has 0 aromatic rings. The fourth-order valence-electron chi connectivity index (χ4n) is 2.23. The van der Waals surface area contributed by atoms with Crippen LogP contribution < -0.4 is 10.4 Å². The SMILES string of the molecule is CC/C=C\C/C=C\C/C=C\CCCCCCCC(=O)ONCCO[P+](=O)[O-]. The van der Waals surface area contributed by atoms with Gasteiger partial charge in [-0.25, -0.2) is 0 Å². The molecule has 27 heavy (non-hydrogen) atoms. The van der Waals surface area contributed by atoms with E-state index in [0.29, 0.717) is 6.42 Å². The van der Waals surface area contributed by atoms with E-state index < -0.39 is 8.25 Å². The predicted molar refractivity (Wildman–Crippen MR) is 107 cm³/mol. The van der Waals surface area contributed by atoms with Crippen molar-refractivity contribution >= 4 is 14.2 Å². The van der Waals surface area contributed by atoms with Gasteiger partial charge < -0.3 is 9.73 Å². The zero-order valence-corrected chi connectivity index (χ0v) is 17.3. The summed E-state index contributed by atoms with van der Waals surface area (Å²) in [4.78, 5) is 26.3. The van der Waals surface area contributed by atoms with Crippen molar-refractivity contribution in [1.29, 1.82) is 0 Å². The third-order valence-corrected chi connectivity index (χ3v) is 4.01. The van der Waals surface area contributed by atoms with Crippen molar-refractivity contribution in [3.05, 3.63) is 36.5 Å². The summed E-state index contributed by atoms with van der Waals surface area (Å²) in [5, 5.41) is 0. The van der Waals surface area contributed by atoms with Gasteiger partial charge >= 0.3 is 14.2 Å². The van der Waals surface area contributed by atoms with Crippen LogP contribution in [0.4, 0.5) is 0 Å². The van der Waals surface area contributed by atoms with Gasteiger partial charge in [-0.3, -0.25) is 4.79 Å². The summed E-state index contributed by atoms with van der Waals surface area (Å²) in [5.41, 5.74) is 2.39. The Morgan fingerprint density at radius 2 is 1.59 bits per heavy atom. The van der Waals surface area contributed by atoms with Crippen molar-refractivity contribution in [3.8, 4) is 0 Å². The lowest BCUT2D eigenvalue weighted by Crippen LogP contribution is -2.23. The zero-order valence-electron chi connectivity index (χ0n) is 16.4. The van der Waals surface area contributed by atoms with Gasteiger partial charge in [0.1, 0.15) is 6.61 Å². The van der Waals surface area contributed by atoms with Crippen LogP contribution in [-0.4, -0.2) is 19.1 Å². The van der Waals surface area contributed by atoms with Crippen molar-refractivity contribution < 1.29 is 23.6 Å². The first-order valence-corrected chi connectivity index (χ1v) is 10.9. The topological polar surface area (TPSA) is 87.7 Å². The Balaban J connectivity index is 3.32. The summed E-state index contributed by atoms with van der Waals surface area (Å²) < 4.78 is 14.4. The molecule has 0 radical (unpaired) electrons. The maximum Gasteiger partial charge on any atom is 0.488 e. The number of hydrogen-bond acceptors (Lipinski definition) is 6. The summed E-state index contributed by atoms with van der Waals surface area (Å²) in [6.45, 7) is 2.24. The molecule has 154 valence electrons. The Kier molecular flexibility index (Phi) is 19.9. The van der Waals surface area contributed by atoms with Gasteiger partial charge in [0.25, 0.3) is 0 Å². The second-order valence-corrected chi connectivity index (χ2v) is 6.73. The van der Waals surface area contributed by atoms with Gasteiger partial charge in [-0.15, -0.1) is 4.52 Å². The van der Waals surface area contributed by atoms with Crippen LogP contribution in [0, 0.1) is 0 Å². The summed E-state index contributed by atoms with van der Waals surface area (Å²) >= 11 is 0. The molecule has 0 aliphatic carbocycles. The number of carbonyl (C=O) groups is 1. The van der Waals surface area contributed by atoms with Crippen molar-refractivity contribution in [3.63, 3.8) is 0 Å². The standard InChI is InChI=1S/C20H34NO5P/c1-2-3-4-5-6-7-8-9-10-11-12-13-14-15-16-17-20(22)26-21-18-19-25-27(23)24/h3-4,6-7,9-10,21H,2,5,8,11-19H2,1H3/b4-3-,7-6-,10-9-. The molecule has 7 heteroatoms. The van der Waals surface area contributed by atoms with E-state index in [4.69, 9.17) is 4.84 Å². The van der Waals surface area contributed by atoms with Crippen LogP contribution in [0.5, 0.6) is 0 Å². The lowest BCUT2D eigenvalue weighted by molar-refractivity contribution is -0.185. The summed E-state index contributed by atoms with van der Waals surface area (Å²) in [6.07, 6.45) is 23.1. The summed E-state index contributed by atoms with van der Waals surface area (Å²) in [6, 6.07) is 0. The average Bonchev–Trinajstić information content (AvgIpc) is 2.64. The number of hydrogen-bond donors (Lipinski definition) is 1. The molecule has 0 heterocycles. The molecule has 1 unspecified atom stereocenters.